The predicted molar refractivity (Wildman–Crippen MR) is 101 cm³/mol. The maximum absolute atomic E-state index is 12.7. The summed E-state index contributed by atoms with van der Waals surface area (Å²) in [5, 5.41) is 3.19. The molecule has 2 aromatic rings. The van der Waals surface area contributed by atoms with Crippen molar-refractivity contribution >= 4 is 23.2 Å². The molecule has 0 spiro atoms. The van der Waals surface area contributed by atoms with Gasteiger partial charge in [-0.1, -0.05) is 18.2 Å². The average molecular weight is 370 g/mol. The van der Waals surface area contributed by atoms with Gasteiger partial charge in [-0.2, -0.15) is 0 Å². The highest BCUT2D eigenvalue weighted by atomic mass is 32.1. The van der Waals surface area contributed by atoms with Crippen molar-refractivity contribution in [2.75, 3.05) is 20.2 Å². The minimum absolute atomic E-state index is 0.0274. The van der Waals surface area contributed by atoms with Crippen molar-refractivity contribution in [1.82, 2.24) is 10.2 Å². The molecule has 5 nitrogen and oxygen atoms in total. The Morgan fingerprint density at radius 3 is 2.35 bits per heavy atom. The molecule has 26 heavy (non-hydrogen) atoms. The van der Waals surface area contributed by atoms with E-state index in [4.69, 9.17) is 4.74 Å². The fourth-order valence-electron chi connectivity index (χ4n) is 3.81. The van der Waals surface area contributed by atoms with E-state index in [2.05, 4.69) is 5.32 Å². The largest absolute Gasteiger partial charge is 0.376 e. The van der Waals surface area contributed by atoms with Gasteiger partial charge in [0.1, 0.15) is 5.54 Å². The van der Waals surface area contributed by atoms with E-state index in [9.17, 15) is 9.59 Å². The number of amides is 2. The van der Waals surface area contributed by atoms with E-state index in [0.29, 0.717) is 18.7 Å². The van der Waals surface area contributed by atoms with E-state index in [0.717, 1.165) is 22.6 Å². The third-order valence-electron chi connectivity index (χ3n) is 5.52. The molecule has 1 aliphatic heterocycles. The summed E-state index contributed by atoms with van der Waals surface area (Å²) in [4.78, 5) is 29.1. The molecule has 1 saturated carbocycles. The van der Waals surface area contributed by atoms with Gasteiger partial charge in [-0.15, -0.1) is 11.3 Å². The summed E-state index contributed by atoms with van der Waals surface area (Å²) in [6, 6.07) is 13.0. The number of hydrogen-bond donors (Lipinski definition) is 1. The number of methoxy groups -OCH3 is 1. The van der Waals surface area contributed by atoms with Crippen LogP contribution >= 0.6 is 11.3 Å². The van der Waals surface area contributed by atoms with Gasteiger partial charge in [-0.25, -0.2) is 0 Å². The van der Waals surface area contributed by atoms with Crippen molar-refractivity contribution in [3.05, 3.63) is 57.8 Å². The molecule has 2 fully saturated rings. The molecule has 2 amide bonds. The van der Waals surface area contributed by atoms with Crippen LogP contribution in [0.4, 0.5) is 0 Å². The lowest BCUT2D eigenvalue weighted by Crippen LogP contribution is -2.77. The van der Waals surface area contributed by atoms with Crippen LogP contribution in [0.25, 0.3) is 0 Å². The maximum Gasteiger partial charge on any atom is 0.264 e. The minimum Gasteiger partial charge on any atom is -0.376 e. The molecule has 1 aliphatic carbocycles. The summed E-state index contributed by atoms with van der Waals surface area (Å²) in [5.41, 5.74) is -0.256. The van der Waals surface area contributed by atoms with Gasteiger partial charge < -0.3 is 15.0 Å². The number of rotatable bonds is 5. The Kier molecular flexibility index (Phi) is 4.12. The molecule has 0 atom stereocenters. The number of aryl methyl sites for hydroxylation is 1. The first kappa shape index (κ1) is 17.2. The van der Waals surface area contributed by atoms with Gasteiger partial charge in [0.05, 0.1) is 10.5 Å². The van der Waals surface area contributed by atoms with Gasteiger partial charge in [0.2, 0.25) is 0 Å². The minimum atomic E-state index is -0.517. The lowest BCUT2D eigenvalue weighted by atomic mass is 9.80. The highest BCUT2D eigenvalue weighted by Gasteiger charge is 2.66. The molecule has 2 aliphatic rings. The Morgan fingerprint density at radius 2 is 1.81 bits per heavy atom. The van der Waals surface area contributed by atoms with E-state index in [-0.39, 0.29) is 17.4 Å². The number of carbonyl (C=O) groups excluding carboxylic acids is 2. The third kappa shape index (κ3) is 2.73. The van der Waals surface area contributed by atoms with E-state index in [1.165, 1.54) is 11.3 Å². The number of ether oxygens (including phenoxy) is 1. The second-order valence-corrected chi connectivity index (χ2v) is 8.46. The van der Waals surface area contributed by atoms with E-state index < -0.39 is 5.54 Å². The molecule has 4 rings (SSSR count). The van der Waals surface area contributed by atoms with Crippen LogP contribution in [0.5, 0.6) is 0 Å². The standard InChI is InChI=1S/C20H22N2O3S/c1-14-8-9-16(26-14)18(24)22-12-19(13-22,20(25-2)10-11-20)21-17(23)15-6-4-3-5-7-15/h3-9H,10-13H2,1-2H3,(H,21,23). The number of likely N-dealkylation sites (tertiary alicyclic amines) is 1. The SMILES string of the molecule is COC1(C2(NC(=O)c3ccccc3)CN(C(=O)c3ccc(C)s3)C2)CC1. The molecule has 0 radical (unpaired) electrons. The Bertz CT molecular complexity index is 836. The van der Waals surface area contributed by atoms with Crippen molar-refractivity contribution in [2.45, 2.75) is 30.9 Å². The van der Waals surface area contributed by atoms with Crippen molar-refractivity contribution in [1.29, 1.82) is 0 Å². The number of carbonyl (C=O) groups is 2. The average Bonchev–Trinajstić information content (AvgIpc) is 3.32. The highest BCUT2D eigenvalue weighted by Crippen LogP contribution is 2.52. The first-order valence-corrected chi connectivity index (χ1v) is 9.59. The van der Waals surface area contributed by atoms with Crippen LogP contribution in [0.15, 0.2) is 42.5 Å². The van der Waals surface area contributed by atoms with Crippen LogP contribution in [-0.2, 0) is 4.74 Å². The van der Waals surface area contributed by atoms with Gasteiger partial charge in [0.15, 0.2) is 0 Å². The Hall–Kier alpha value is -2.18. The molecule has 1 aromatic carbocycles. The van der Waals surface area contributed by atoms with Crippen LogP contribution in [-0.4, -0.2) is 48.1 Å². The Labute approximate surface area is 157 Å². The first-order valence-electron chi connectivity index (χ1n) is 8.77. The monoisotopic (exact) mass is 370 g/mol. The summed E-state index contributed by atoms with van der Waals surface area (Å²) in [7, 11) is 1.69. The number of nitrogens with zero attached hydrogens (tertiary/aromatic N) is 1. The van der Waals surface area contributed by atoms with Crippen molar-refractivity contribution < 1.29 is 14.3 Å². The predicted octanol–water partition coefficient (Wildman–Crippen LogP) is 2.86. The number of thiophene rings is 1. The molecule has 136 valence electrons. The summed E-state index contributed by atoms with van der Waals surface area (Å²) in [5.74, 6) is -0.0902. The molecule has 1 N–H and O–H groups in total. The lowest BCUT2D eigenvalue weighted by molar-refractivity contribution is -0.0707. The topological polar surface area (TPSA) is 58.6 Å². The molecule has 1 saturated heterocycles. The van der Waals surface area contributed by atoms with Crippen molar-refractivity contribution in [3.63, 3.8) is 0 Å². The molecule has 2 heterocycles. The zero-order valence-corrected chi connectivity index (χ0v) is 15.8. The Balaban J connectivity index is 1.52. The molecule has 1 aromatic heterocycles. The fourth-order valence-corrected chi connectivity index (χ4v) is 4.64. The van der Waals surface area contributed by atoms with Crippen LogP contribution in [0.3, 0.4) is 0 Å². The smallest absolute Gasteiger partial charge is 0.264 e. The molecule has 6 heteroatoms. The van der Waals surface area contributed by atoms with E-state index in [1.54, 1.807) is 24.1 Å². The van der Waals surface area contributed by atoms with Crippen LogP contribution < -0.4 is 5.32 Å². The van der Waals surface area contributed by atoms with Crippen LogP contribution in [0, 0.1) is 6.92 Å². The highest BCUT2D eigenvalue weighted by molar-refractivity contribution is 7.13. The van der Waals surface area contributed by atoms with Crippen molar-refractivity contribution in [2.24, 2.45) is 0 Å². The molecule has 0 bridgehead atoms. The molecular formula is C20H22N2O3S. The normalized spacial score (nSPS) is 19.5. The van der Waals surface area contributed by atoms with Crippen molar-refractivity contribution in [3.8, 4) is 0 Å². The first-order chi connectivity index (χ1) is 12.5. The number of hydrogen-bond acceptors (Lipinski definition) is 4. The Morgan fingerprint density at radius 1 is 1.12 bits per heavy atom. The summed E-state index contributed by atoms with van der Waals surface area (Å²) < 4.78 is 5.78. The lowest BCUT2D eigenvalue weighted by Gasteiger charge is -2.54. The number of benzene rings is 1. The summed E-state index contributed by atoms with van der Waals surface area (Å²) >= 11 is 1.50. The quantitative estimate of drug-likeness (QED) is 0.880. The number of nitrogens with one attached hydrogen (secondary N) is 1. The fraction of sp³-hybridized carbons (Fsp3) is 0.400. The van der Waals surface area contributed by atoms with E-state index in [1.807, 2.05) is 37.3 Å². The van der Waals surface area contributed by atoms with Gasteiger partial charge >= 0.3 is 0 Å². The second kappa shape index (κ2) is 6.21. The van der Waals surface area contributed by atoms with Crippen LogP contribution in [0.1, 0.15) is 37.7 Å². The molecular weight excluding hydrogens is 348 g/mol. The second-order valence-electron chi connectivity index (χ2n) is 7.17. The van der Waals surface area contributed by atoms with Gasteiger partial charge in [0.25, 0.3) is 11.8 Å². The van der Waals surface area contributed by atoms with Gasteiger partial charge in [-0.3, -0.25) is 9.59 Å². The zero-order valence-electron chi connectivity index (χ0n) is 15.0. The third-order valence-corrected chi connectivity index (χ3v) is 6.50. The summed E-state index contributed by atoms with van der Waals surface area (Å²) in [6.45, 7) is 2.95. The maximum atomic E-state index is 12.7. The van der Waals surface area contributed by atoms with Gasteiger partial charge in [-0.05, 0) is 44.0 Å². The van der Waals surface area contributed by atoms with Gasteiger partial charge in [0, 0.05) is 30.6 Å². The van der Waals surface area contributed by atoms with Crippen LogP contribution in [0.2, 0.25) is 0 Å². The zero-order chi connectivity index (χ0) is 18.4. The molecule has 0 unspecified atom stereocenters. The van der Waals surface area contributed by atoms with E-state index >= 15 is 0 Å². The summed E-state index contributed by atoms with van der Waals surface area (Å²) in [6.07, 6.45) is 1.80.